The van der Waals surface area contributed by atoms with E-state index in [1.54, 1.807) is 60.3 Å². The van der Waals surface area contributed by atoms with Crippen molar-refractivity contribution in [3.8, 4) is 28.9 Å². The van der Waals surface area contributed by atoms with Gasteiger partial charge in [0.25, 0.3) is 5.91 Å². The van der Waals surface area contributed by atoms with E-state index in [1.807, 2.05) is 19.9 Å². The molecule has 2 heterocycles. The SMILES string of the molecule is COc1ccc(C(=O)Nc2ccc(Oc3cc(-n4nc(C)cc4C)ncn3)cc2)cc1OC. The third kappa shape index (κ3) is 4.93. The number of ether oxygens (including phenoxy) is 3. The van der Waals surface area contributed by atoms with Gasteiger partial charge in [0, 0.05) is 23.0 Å². The zero-order chi connectivity index (χ0) is 23.4. The Hall–Kier alpha value is -4.40. The Morgan fingerprint density at radius 1 is 0.909 bits per heavy atom. The summed E-state index contributed by atoms with van der Waals surface area (Å²) >= 11 is 0. The predicted molar refractivity (Wildman–Crippen MR) is 123 cm³/mol. The molecule has 0 spiro atoms. The predicted octanol–water partition coefficient (Wildman–Crippen LogP) is 4.34. The van der Waals surface area contributed by atoms with Crippen molar-refractivity contribution in [3.63, 3.8) is 0 Å². The minimum Gasteiger partial charge on any atom is -0.493 e. The quantitative estimate of drug-likeness (QED) is 0.452. The van der Waals surface area contributed by atoms with Crippen LogP contribution in [-0.2, 0) is 0 Å². The van der Waals surface area contributed by atoms with Crippen molar-refractivity contribution in [2.24, 2.45) is 0 Å². The Bertz CT molecular complexity index is 1280. The summed E-state index contributed by atoms with van der Waals surface area (Å²) < 4.78 is 18.0. The maximum Gasteiger partial charge on any atom is 0.255 e. The van der Waals surface area contributed by atoms with Crippen molar-refractivity contribution in [1.82, 2.24) is 19.7 Å². The summed E-state index contributed by atoms with van der Waals surface area (Å²) in [6.07, 6.45) is 1.43. The molecule has 9 nitrogen and oxygen atoms in total. The molecular weight excluding hydrogens is 422 g/mol. The zero-order valence-corrected chi connectivity index (χ0v) is 18.7. The monoisotopic (exact) mass is 445 g/mol. The Morgan fingerprint density at radius 2 is 1.67 bits per heavy atom. The number of carbonyl (C=O) groups excluding carboxylic acids is 1. The average Bonchev–Trinajstić information content (AvgIpc) is 3.17. The molecule has 9 heteroatoms. The number of aromatic nitrogens is 4. The Kier molecular flexibility index (Phi) is 6.21. The van der Waals surface area contributed by atoms with Crippen molar-refractivity contribution in [3.05, 3.63) is 77.9 Å². The van der Waals surface area contributed by atoms with E-state index in [-0.39, 0.29) is 5.91 Å². The van der Waals surface area contributed by atoms with E-state index in [1.165, 1.54) is 13.4 Å². The third-order valence-corrected chi connectivity index (χ3v) is 4.83. The smallest absolute Gasteiger partial charge is 0.255 e. The fourth-order valence-electron chi connectivity index (χ4n) is 3.27. The second kappa shape index (κ2) is 9.39. The topological polar surface area (TPSA) is 100 Å². The number of carbonyl (C=O) groups is 1. The molecule has 2 aromatic carbocycles. The van der Waals surface area contributed by atoms with Gasteiger partial charge in [0.2, 0.25) is 5.88 Å². The minimum atomic E-state index is -0.269. The van der Waals surface area contributed by atoms with E-state index in [4.69, 9.17) is 14.2 Å². The van der Waals surface area contributed by atoms with Gasteiger partial charge in [-0.15, -0.1) is 0 Å². The molecule has 0 atom stereocenters. The number of benzene rings is 2. The number of methoxy groups -OCH3 is 2. The molecule has 0 aliphatic rings. The van der Waals surface area contributed by atoms with Crippen molar-refractivity contribution >= 4 is 11.6 Å². The van der Waals surface area contributed by atoms with Crippen molar-refractivity contribution in [1.29, 1.82) is 0 Å². The van der Waals surface area contributed by atoms with E-state index in [9.17, 15) is 4.79 Å². The number of nitrogens with zero attached hydrogens (tertiary/aromatic N) is 4. The molecule has 0 saturated carbocycles. The maximum absolute atomic E-state index is 12.6. The molecule has 4 rings (SSSR count). The molecule has 33 heavy (non-hydrogen) atoms. The van der Waals surface area contributed by atoms with Gasteiger partial charge in [-0.25, -0.2) is 14.6 Å². The fraction of sp³-hybridized carbons (Fsp3) is 0.167. The summed E-state index contributed by atoms with van der Waals surface area (Å²) in [4.78, 5) is 21.0. The summed E-state index contributed by atoms with van der Waals surface area (Å²) in [7, 11) is 3.07. The van der Waals surface area contributed by atoms with E-state index < -0.39 is 0 Å². The zero-order valence-electron chi connectivity index (χ0n) is 18.7. The van der Waals surface area contributed by atoms with E-state index in [2.05, 4.69) is 20.4 Å². The van der Waals surface area contributed by atoms with Crippen LogP contribution in [0.2, 0.25) is 0 Å². The highest BCUT2D eigenvalue weighted by atomic mass is 16.5. The van der Waals surface area contributed by atoms with Crippen LogP contribution in [0.5, 0.6) is 23.1 Å². The molecule has 1 N–H and O–H groups in total. The van der Waals surface area contributed by atoms with Gasteiger partial charge >= 0.3 is 0 Å². The highest BCUT2D eigenvalue weighted by molar-refractivity contribution is 6.04. The Balaban J connectivity index is 1.44. The van der Waals surface area contributed by atoms with Crippen LogP contribution >= 0.6 is 0 Å². The highest BCUT2D eigenvalue weighted by Crippen LogP contribution is 2.28. The lowest BCUT2D eigenvalue weighted by molar-refractivity contribution is 0.102. The van der Waals surface area contributed by atoms with Crippen LogP contribution in [0, 0.1) is 13.8 Å². The van der Waals surface area contributed by atoms with Crippen molar-refractivity contribution in [2.45, 2.75) is 13.8 Å². The second-order valence-electron chi connectivity index (χ2n) is 7.20. The molecule has 0 aliphatic heterocycles. The average molecular weight is 445 g/mol. The van der Waals surface area contributed by atoms with Gasteiger partial charge in [-0.05, 0) is 62.4 Å². The van der Waals surface area contributed by atoms with E-state index >= 15 is 0 Å². The number of aryl methyl sites for hydroxylation is 2. The van der Waals surface area contributed by atoms with Gasteiger partial charge in [-0.3, -0.25) is 4.79 Å². The van der Waals surface area contributed by atoms with Gasteiger partial charge in [0.1, 0.15) is 12.1 Å². The van der Waals surface area contributed by atoms with Crippen LogP contribution in [0.1, 0.15) is 21.7 Å². The molecule has 0 fully saturated rings. The standard InChI is InChI=1S/C24H23N5O4/c1-15-11-16(2)29(28-15)22-13-23(26-14-25-22)33-19-8-6-18(7-9-19)27-24(30)17-5-10-20(31-3)21(12-17)32-4/h5-14H,1-4H3,(H,27,30). The number of anilines is 1. The lowest BCUT2D eigenvalue weighted by Crippen LogP contribution is -2.12. The molecular formula is C24H23N5O4. The number of amides is 1. The number of nitrogens with one attached hydrogen (secondary N) is 1. The second-order valence-corrected chi connectivity index (χ2v) is 7.20. The first-order chi connectivity index (χ1) is 16.0. The number of hydrogen-bond donors (Lipinski definition) is 1. The Labute approximate surface area is 191 Å². The van der Waals surface area contributed by atoms with E-state index in [0.29, 0.717) is 40.2 Å². The van der Waals surface area contributed by atoms with Crippen LogP contribution in [0.25, 0.3) is 5.82 Å². The number of hydrogen-bond acceptors (Lipinski definition) is 7. The van der Waals surface area contributed by atoms with E-state index in [0.717, 1.165) is 11.4 Å². The normalized spacial score (nSPS) is 10.5. The van der Waals surface area contributed by atoms with Gasteiger partial charge in [0.15, 0.2) is 17.3 Å². The minimum absolute atomic E-state index is 0.269. The fourth-order valence-corrected chi connectivity index (χ4v) is 3.27. The van der Waals surface area contributed by atoms with Crippen LogP contribution in [-0.4, -0.2) is 39.9 Å². The molecule has 4 aromatic rings. The molecule has 0 aliphatic carbocycles. The number of rotatable bonds is 7. The summed E-state index contributed by atoms with van der Waals surface area (Å²) in [6.45, 7) is 3.88. The third-order valence-electron chi connectivity index (χ3n) is 4.83. The molecule has 0 radical (unpaired) electrons. The molecule has 1 amide bonds. The first-order valence-corrected chi connectivity index (χ1v) is 10.1. The van der Waals surface area contributed by atoms with Gasteiger partial charge in [-0.2, -0.15) is 5.10 Å². The maximum atomic E-state index is 12.6. The Morgan fingerprint density at radius 3 is 2.33 bits per heavy atom. The molecule has 168 valence electrons. The first kappa shape index (κ1) is 21.8. The molecule has 2 aromatic heterocycles. The van der Waals surface area contributed by atoms with Crippen LogP contribution in [0.15, 0.2) is 60.9 Å². The first-order valence-electron chi connectivity index (χ1n) is 10.1. The lowest BCUT2D eigenvalue weighted by atomic mass is 10.2. The largest absolute Gasteiger partial charge is 0.493 e. The van der Waals surface area contributed by atoms with Crippen LogP contribution in [0.4, 0.5) is 5.69 Å². The summed E-state index contributed by atoms with van der Waals surface area (Å²) in [6, 6.07) is 15.7. The van der Waals surface area contributed by atoms with Gasteiger partial charge < -0.3 is 19.5 Å². The molecule has 0 unspecified atom stereocenters. The summed E-state index contributed by atoms with van der Waals surface area (Å²) in [5, 5.41) is 7.28. The summed E-state index contributed by atoms with van der Waals surface area (Å²) in [5.41, 5.74) is 2.94. The molecule has 0 saturated heterocycles. The van der Waals surface area contributed by atoms with Crippen LogP contribution < -0.4 is 19.5 Å². The summed E-state index contributed by atoms with van der Waals surface area (Å²) in [5.74, 6) is 2.34. The van der Waals surface area contributed by atoms with Crippen LogP contribution in [0.3, 0.4) is 0 Å². The van der Waals surface area contributed by atoms with Gasteiger partial charge in [0.05, 0.1) is 19.9 Å². The van der Waals surface area contributed by atoms with Gasteiger partial charge in [-0.1, -0.05) is 0 Å². The lowest BCUT2D eigenvalue weighted by Gasteiger charge is -2.11. The van der Waals surface area contributed by atoms with Crippen molar-refractivity contribution < 1.29 is 19.0 Å². The van der Waals surface area contributed by atoms with Crippen molar-refractivity contribution in [2.75, 3.05) is 19.5 Å². The molecule has 0 bridgehead atoms. The highest BCUT2D eigenvalue weighted by Gasteiger charge is 2.12.